The molecule has 56 heavy (non-hydrogen) atoms. The maximum Gasteiger partial charge on any atom is 0.262 e. The van der Waals surface area contributed by atoms with Gasteiger partial charge in [0.2, 0.25) is 17.7 Å². The summed E-state index contributed by atoms with van der Waals surface area (Å²) in [7, 11) is 2.08. The normalized spacial score (nSPS) is 17.6. The van der Waals surface area contributed by atoms with Crippen molar-refractivity contribution >= 4 is 51.1 Å². The summed E-state index contributed by atoms with van der Waals surface area (Å²) < 4.78 is 20.1. The third kappa shape index (κ3) is 7.74. The molecule has 4 amide bonds. The summed E-state index contributed by atoms with van der Waals surface area (Å²) in [6.07, 6.45) is 11.4. The maximum absolute atomic E-state index is 13.2. The summed E-state index contributed by atoms with van der Waals surface area (Å²) in [5, 5.41) is 4.58. The quantitative estimate of drug-likeness (QED) is 0.102. The van der Waals surface area contributed by atoms with Gasteiger partial charge in [0.15, 0.2) is 0 Å². The highest BCUT2D eigenvalue weighted by molar-refractivity contribution is 6.23. The number of hydrogen-bond acceptors (Lipinski definition) is 10. The number of ether oxygens (including phenoxy) is 3. The summed E-state index contributed by atoms with van der Waals surface area (Å²) in [6.45, 7) is 4.23. The Bertz CT molecular complexity index is 2260. The Kier molecular flexibility index (Phi) is 11.0. The van der Waals surface area contributed by atoms with Crippen LogP contribution in [0.5, 0.6) is 5.88 Å². The van der Waals surface area contributed by atoms with E-state index in [2.05, 4.69) is 56.1 Å². The summed E-state index contributed by atoms with van der Waals surface area (Å²) in [5.74, 6) is -1.35. The van der Waals surface area contributed by atoms with Gasteiger partial charge in [0.25, 0.3) is 11.8 Å². The molecule has 13 heteroatoms. The second-order valence-corrected chi connectivity index (χ2v) is 14.7. The van der Waals surface area contributed by atoms with E-state index in [0.717, 1.165) is 89.7 Å². The maximum atomic E-state index is 13.2. The highest BCUT2D eigenvalue weighted by Crippen LogP contribution is 2.33. The van der Waals surface area contributed by atoms with Crippen LogP contribution in [0, 0.1) is 0 Å². The number of carbonyl (C=O) groups excluding carboxylic acids is 4. The number of amides is 4. The number of rotatable bonds is 15. The van der Waals surface area contributed by atoms with E-state index in [1.165, 1.54) is 5.39 Å². The van der Waals surface area contributed by atoms with Gasteiger partial charge < -0.3 is 23.7 Å². The fourth-order valence-electron chi connectivity index (χ4n) is 7.95. The predicted octanol–water partition coefficient (Wildman–Crippen LogP) is 5.83. The van der Waals surface area contributed by atoms with Gasteiger partial charge in [-0.15, -0.1) is 0 Å². The molecule has 0 radical (unpaired) electrons. The van der Waals surface area contributed by atoms with Crippen LogP contribution in [-0.2, 0) is 26.1 Å². The van der Waals surface area contributed by atoms with Crippen LogP contribution in [0.25, 0.3) is 32.9 Å². The number of carbonyl (C=O) groups is 4. The topological polar surface area (TPSA) is 145 Å². The lowest BCUT2D eigenvalue weighted by atomic mass is 10.0. The first-order valence-corrected chi connectivity index (χ1v) is 19.6. The molecule has 2 fully saturated rings. The summed E-state index contributed by atoms with van der Waals surface area (Å²) in [4.78, 5) is 62.2. The van der Waals surface area contributed by atoms with Crippen molar-refractivity contribution in [3.63, 3.8) is 0 Å². The lowest BCUT2D eigenvalue weighted by Crippen LogP contribution is -2.54. The Labute approximate surface area is 324 Å². The average molecular weight is 759 g/mol. The minimum Gasteiger partial charge on any atom is -0.478 e. The molecular formula is C43H46N6O7. The fourth-order valence-corrected chi connectivity index (χ4v) is 7.95. The molecule has 5 aromatic rings. The number of nitrogens with one attached hydrogen (secondary N) is 1. The molecule has 1 unspecified atom stereocenters. The van der Waals surface area contributed by atoms with Crippen molar-refractivity contribution in [1.29, 1.82) is 0 Å². The monoisotopic (exact) mass is 758 g/mol. The second-order valence-electron chi connectivity index (χ2n) is 14.7. The lowest BCUT2D eigenvalue weighted by molar-refractivity contribution is -0.136. The zero-order chi connectivity index (χ0) is 38.6. The number of piperidine rings is 2. The smallest absolute Gasteiger partial charge is 0.262 e. The standard InChI is InChI=1S/C43H46N6O7/c1-47-36-14-17-44-27-35(36)32-9-6-28(24-38(32)47)29-7-13-40(45-26-29)56-23-5-3-21-54-20-2-4-22-55-31-15-18-48(19-16-31)30-8-10-33-34(25-30)43(53)49(42(33)52)37-11-12-39(50)46-41(37)51/h6-10,13-14,17,24-27,31,37H,2-5,11-12,15-16,18-23H2,1H3,(H,46,50,51). The van der Waals surface area contributed by atoms with Crippen molar-refractivity contribution in [2.75, 3.05) is 44.4 Å². The van der Waals surface area contributed by atoms with Crippen LogP contribution in [0.3, 0.4) is 0 Å². The lowest BCUT2D eigenvalue weighted by Gasteiger charge is -2.33. The van der Waals surface area contributed by atoms with Gasteiger partial charge in [-0.2, -0.15) is 0 Å². The molecule has 0 aliphatic carbocycles. The van der Waals surface area contributed by atoms with Gasteiger partial charge in [0.05, 0.1) is 29.4 Å². The summed E-state index contributed by atoms with van der Waals surface area (Å²) in [5.41, 5.74) is 5.94. The van der Waals surface area contributed by atoms with E-state index in [1.54, 1.807) is 12.1 Å². The van der Waals surface area contributed by atoms with Crippen LogP contribution < -0.4 is 15.0 Å². The molecule has 1 N–H and O–H groups in total. The Balaban J connectivity index is 0.677. The van der Waals surface area contributed by atoms with E-state index in [4.69, 9.17) is 14.2 Å². The average Bonchev–Trinajstić information content (AvgIpc) is 3.65. The van der Waals surface area contributed by atoms with Crippen molar-refractivity contribution in [2.45, 2.75) is 63.5 Å². The van der Waals surface area contributed by atoms with Gasteiger partial charge in [-0.05, 0) is 86.9 Å². The van der Waals surface area contributed by atoms with Gasteiger partial charge in [-0.3, -0.25) is 34.4 Å². The largest absolute Gasteiger partial charge is 0.478 e. The van der Waals surface area contributed by atoms with Crippen LogP contribution in [-0.4, -0.2) is 94.7 Å². The number of fused-ring (bicyclic) bond motifs is 4. The van der Waals surface area contributed by atoms with Gasteiger partial charge in [0, 0.05) is 98.6 Å². The van der Waals surface area contributed by atoms with E-state index in [1.807, 2.05) is 36.8 Å². The predicted molar refractivity (Wildman–Crippen MR) is 211 cm³/mol. The molecule has 0 bridgehead atoms. The number of pyridine rings is 2. The Hall–Kier alpha value is -5.66. The first-order chi connectivity index (χ1) is 27.4. The summed E-state index contributed by atoms with van der Waals surface area (Å²) >= 11 is 0. The molecule has 6 heterocycles. The van der Waals surface area contributed by atoms with Gasteiger partial charge in [0.1, 0.15) is 6.04 Å². The molecule has 0 spiro atoms. The number of aryl methyl sites for hydroxylation is 1. The molecule has 1 atom stereocenters. The van der Waals surface area contributed by atoms with Gasteiger partial charge in [-0.1, -0.05) is 12.1 Å². The molecule has 3 aromatic heterocycles. The van der Waals surface area contributed by atoms with Crippen LogP contribution in [0.1, 0.15) is 72.1 Å². The Morgan fingerprint density at radius 3 is 2.30 bits per heavy atom. The Morgan fingerprint density at radius 2 is 1.52 bits per heavy atom. The Morgan fingerprint density at radius 1 is 0.750 bits per heavy atom. The van der Waals surface area contributed by atoms with Crippen LogP contribution >= 0.6 is 0 Å². The number of anilines is 1. The van der Waals surface area contributed by atoms with Crippen molar-refractivity contribution < 1.29 is 33.4 Å². The highest BCUT2D eigenvalue weighted by atomic mass is 16.5. The van der Waals surface area contributed by atoms with Crippen molar-refractivity contribution in [2.24, 2.45) is 7.05 Å². The zero-order valence-electron chi connectivity index (χ0n) is 31.6. The molecule has 290 valence electrons. The molecule has 0 saturated carbocycles. The minimum absolute atomic E-state index is 0.0957. The van der Waals surface area contributed by atoms with E-state index in [-0.39, 0.29) is 24.9 Å². The van der Waals surface area contributed by atoms with E-state index in [9.17, 15) is 19.2 Å². The SMILES string of the molecule is Cn1c2ccncc2c2ccc(-c3ccc(OCCCCOCCCCOC4CCN(c5ccc6c(c5)C(=O)N(C5CCC(=O)NC5=O)C6=O)CC4)nc3)cc21. The number of nitrogens with zero attached hydrogens (tertiary/aromatic N) is 5. The molecule has 13 nitrogen and oxygen atoms in total. The number of imide groups is 2. The van der Waals surface area contributed by atoms with Gasteiger partial charge in [-0.25, -0.2) is 4.98 Å². The summed E-state index contributed by atoms with van der Waals surface area (Å²) in [6, 6.07) is 16.8. The fraction of sp³-hybridized carbons (Fsp3) is 0.395. The number of aromatic nitrogens is 3. The van der Waals surface area contributed by atoms with E-state index >= 15 is 0 Å². The molecule has 2 saturated heterocycles. The van der Waals surface area contributed by atoms with Crippen molar-refractivity contribution in [3.8, 4) is 17.0 Å². The highest BCUT2D eigenvalue weighted by Gasteiger charge is 2.44. The van der Waals surface area contributed by atoms with Gasteiger partial charge >= 0.3 is 0 Å². The minimum atomic E-state index is -0.967. The molecule has 8 rings (SSSR count). The third-order valence-electron chi connectivity index (χ3n) is 11.1. The van der Waals surface area contributed by atoms with Crippen LogP contribution in [0.15, 0.2) is 73.2 Å². The third-order valence-corrected chi connectivity index (χ3v) is 11.1. The molecular weight excluding hydrogens is 713 g/mol. The number of benzene rings is 2. The molecule has 2 aromatic carbocycles. The molecule has 3 aliphatic heterocycles. The first-order valence-electron chi connectivity index (χ1n) is 19.6. The number of unbranched alkanes of at least 4 members (excludes halogenated alkanes) is 2. The van der Waals surface area contributed by atoms with Crippen molar-refractivity contribution in [3.05, 3.63) is 84.3 Å². The van der Waals surface area contributed by atoms with Crippen molar-refractivity contribution in [1.82, 2.24) is 24.8 Å². The zero-order valence-corrected chi connectivity index (χ0v) is 31.6. The second kappa shape index (κ2) is 16.6. The number of hydrogen-bond donors (Lipinski definition) is 1. The molecule has 3 aliphatic rings. The van der Waals surface area contributed by atoms with E-state index < -0.39 is 23.8 Å². The van der Waals surface area contributed by atoms with Crippen LogP contribution in [0.4, 0.5) is 5.69 Å². The van der Waals surface area contributed by atoms with Crippen LogP contribution in [0.2, 0.25) is 0 Å². The first kappa shape index (κ1) is 37.3. The van der Waals surface area contributed by atoms with E-state index in [0.29, 0.717) is 43.4 Å².